The van der Waals surface area contributed by atoms with Crippen LogP contribution in [-0.2, 0) is 4.74 Å². The maximum Gasteiger partial charge on any atom is 0.456 e. The molecule has 0 atom stereocenters. The van der Waals surface area contributed by atoms with Crippen molar-refractivity contribution in [1.82, 2.24) is 7.43 Å². The van der Waals surface area contributed by atoms with E-state index in [2.05, 4.69) is 27.1 Å². The van der Waals surface area contributed by atoms with Crippen LogP contribution in [0.5, 0.6) is 0 Å². The normalized spacial score (nSPS) is 20.6. The molecule has 5 heteroatoms. The van der Waals surface area contributed by atoms with Crippen LogP contribution >= 0.6 is 0 Å². The molecule has 0 saturated carbocycles. The Bertz CT molecular complexity index is 163. The highest BCUT2D eigenvalue weighted by molar-refractivity contribution is 6.78. The molecular weight excluding hydrogens is 195 g/mol. The largest absolute Gasteiger partial charge is 0.456 e. The summed E-state index contributed by atoms with van der Waals surface area (Å²) in [4.78, 5) is 0. The maximum atomic E-state index is 5.10. The molecule has 0 aromatic rings. The first-order chi connectivity index (χ1) is 6.04. The lowest BCUT2D eigenvalue weighted by Crippen LogP contribution is -2.47. The van der Waals surface area contributed by atoms with E-state index in [9.17, 15) is 0 Å². The molecule has 13 heavy (non-hydrogen) atoms. The first-order valence-electron chi connectivity index (χ1n) is 5.00. The van der Waals surface area contributed by atoms with E-state index in [-0.39, 0.29) is 15.7 Å². The van der Waals surface area contributed by atoms with Gasteiger partial charge in [0.15, 0.2) is 0 Å². The van der Waals surface area contributed by atoms with Crippen molar-refractivity contribution in [1.29, 1.82) is 0 Å². The molecule has 0 N–H and O–H groups in total. The quantitative estimate of drug-likeness (QED) is 0.631. The third-order valence-corrected chi connectivity index (χ3v) is 9.70. The van der Waals surface area contributed by atoms with Gasteiger partial charge in [0.1, 0.15) is 0 Å². The van der Waals surface area contributed by atoms with E-state index in [1.54, 1.807) is 7.11 Å². The first-order valence-corrected chi connectivity index (χ1v) is 9.71. The van der Waals surface area contributed by atoms with E-state index in [4.69, 9.17) is 4.74 Å². The minimum atomic E-state index is -0.993. The Hall–Kier alpha value is 0.629. The van der Waals surface area contributed by atoms with Gasteiger partial charge < -0.3 is 12.2 Å². The van der Waals surface area contributed by atoms with E-state index in [1.807, 2.05) is 0 Å². The van der Waals surface area contributed by atoms with Gasteiger partial charge in [0.25, 0.3) is 0 Å². The van der Waals surface area contributed by atoms with Crippen molar-refractivity contribution < 1.29 is 4.74 Å². The van der Waals surface area contributed by atoms with Crippen LogP contribution in [0.2, 0.25) is 19.6 Å². The molecular formula is C8H21AlN2OSi. The minimum Gasteiger partial charge on any atom is -0.396 e. The first kappa shape index (κ1) is 11.7. The number of hydrogen-bond donors (Lipinski definition) is 0. The number of nitrogens with zero attached hydrogens (tertiary/aromatic N) is 2. The van der Waals surface area contributed by atoms with E-state index in [0.717, 1.165) is 13.2 Å². The van der Waals surface area contributed by atoms with Gasteiger partial charge in [0.2, 0.25) is 0 Å². The third kappa shape index (κ3) is 3.70. The molecule has 1 aliphatic rings. The summed E-state index contributed by atoms with van der Waals surface area (Å²) in [7, 11) is 0.793. The van der Waals surface area contributed by atoms with Crippen molar-refractivity contribution in [3.8, 4) is 0 Å². The third-order valence-electron chi connectivity index (χ3n) is 2.62. The van der Waals surface area contributed by atoms with Crippen molar-refractivity contribution in [3.05, 3.63) is 0 Å². The highest BCUT2D eigenvalue weighted by Crippen LogP contribution is 2.12. The molecule has 0 aromatic carbocycles. The van der Waals surface area contributed by atoms with Crippen LogP contribution in [0.4, 0.5) is 0 Å². The number of ether oxygens (including phenoxy) is 1. The summed E-state index contributed by atoms with van der Waals surface area (Å²) in [6.45, 7) is 12.0. The van der Waals surface area contributed by atoms with E-state index < -0.39 is 8.24 Å². The Labute approximate surface area is 89.3 Å². The summed E-state index contributed by atoms with van der Waals surface area (Å²) >= 11 is -0.105. The number of methoxy groups -OCH3 is 1. The van der Waals surface area contributed by atoms with Crippen molar-refractivity contribution in [3.63, 3.8) is 0 Å². The number of rotatable bonds is 4. The zero-order chi connectivity index (χ0) is 9.90. The average molecular weight is 216 g/mol. The molecule has 0 amide bonds. The van der Waals surface area contributed by atoms with E-state index in [0.29, 0.717) is 0 Å². The Balaban J connectivity index is 2.28. The molecule has 0 radical (unpaired) electrons. The zero-order valence-corrected chi connectivity index (χ0v) is 11.8. The maximum absolute atomic E-state index is 5.10. The molecule has 0 spiro atoms. The van der Waals surface area contributed by atoms with Crippen molar-refractivity contribution in [2.45, 2.75) is 19.6 Å². The van der Waals surface area contributed by atoms with Crippen molar-refractivity contribution >= 4 is 23.9 Å². The van der Waals surface area contributed by atoms with Gasteiger partial charge in [-0.2, -0.15) is 0 Å². The highest BCUT2D eigenvalue weighted by atomic mass is 28.3. The molecule has 1 saturated heterocycles. The molecule has 1 fully saturated rings. The van der Waals surface area contributed by atoms with Crippen molar-refractivity contribution in [2.75, 3.05) is 33.4 Å². The van der Waals surface area contributed by atoms with Gasteiger partial charge in [-0.1, -0.05) is 19.6 Å². The zero-order valence-electron chi connectivity index (χ0n) is 9.34. The van der Waals surface area contributed by atoms with Gasteiger partial charge >= 0.3 is 15.7 Å². The van der Waals surface area contributed by atoms with Gasteiger partial charge in [-0.25, -0.2) is 0 Å². The second kappa shape index (κ2) is 4.92. The fraction of sp³-hybridized carbons (Fsp3) is 1.00. The molecule has 1 heterocycles. The monoisotopic (exact) mass is 216 g/mol. The van der Waals surface area contributed by atoms with Crippen LogP contribution in [0.3, 0.4) is 0 Å². The second-order valence-electron chi connectivity index (χ2n) is 4.69. The van der Waals surface area contributed by atoms with Crippen LogP contribution in [-0.4, -0.2) is 64.7 Å². The van der Waals surface area contributed by atoms with Gasteiger partial charge in [0, 0.05) is 13.7 Å². The molecule has 0 bridgehead atoms. The summed E-state index contributed by atoms with van der Waals surface area (Å²) in [6, 6.07) is 0. The lowest BCUT2D eigenvalue weighted by atomic mass is 10.6. The minimum absolute atomic E-state index is 0.105. The fourth-order valence-corrected chi connectivity index (χ4v) is 5.98. The second-order valence-corrected chi connectivity index (χ2v) is 12.2. The molecule has 0 unspecified atom stereocenters. The smallest absolute Gasteiger partial charge is 0.396 e. The molecule has 0 aromatic heterocycles. The molecule has 0 aliphatic carbocycles. The summed E-state index contributed by atoms with van der Waals surface area (Å²) in [5, 5.41) is 0. The fourth-order valence-electron chi connectivity index (χ4n) is 1.60. The summed E-state index contributed by atoms with van der Waals surface area (Å²) < 4.78 is 10.5. The summed E-state index contributed by atoms with van der Waals surface area (Å²) in [6.07, 6.45) is 0. The Morgan fingerprint density at radius 1 is 1.31 bits per heavy atom. The standard InChI is InChI=1S/C8H20N2OSi.Al.H/c1-11-8-7-9-5-6-10-12(2,3)4;;/h5-8H2,1-4H3;;/q-2;+2;. The predicted octanol–water partition coefficient (Wildman–Crippen LogP) is 0.352. The molecule has 1 aliphatic heterocycles. The van der Waals surface area contributed by atoms with Crippen LogP contribution in [0.1, 0.15) is 0 Å². The van der Waals surface area contributed by atoms with Gasteiger partial charge in [-0.05, 0) is 13.1 Å². The Kier molecular flexibility index (Phi) is 4.43. The summed E-state index contributed by atoms with van der Waals surface area (Å²) in [5.41, 5.74) is 0. The van der Waals surface area contributed by atoms with Crippen LogP contribution < -0.4 is 0 Å². The van der Waals surface area contributed by atoms with Gasteiger partial charge in [-0.3, -0.25) is 0 Å². The Morgan fingerprint density at radius 2 is 2.00 bits per heavy atom. The van der Waals surface area contributed by atoms with Crippen LogP contribution in [0, 0.1) is 0 Å². The molecule has 76 valence electrons. The molecule has 1 rings (SSSR count). The Morgan fingerprint density at radius 3 is 2.46 bits per heavy atom. The lowest BCUT2D eigenvalue weighted by Gasteiger charge is -2.29. The SMILES string of the molecule is COCC[N]1CC[N]([Si](C)(C)C)[AlH]1. The average Bonchev–Trinajstić information content (AvgIpc) is 2.47. The van der Waals surface area contributed by atoms with E-state index >= 15 is 0 Å². The van der Waals surface area contributed by atoms with Crippen LogP contribution in [0.25, 0.3) is 0 Å². The van der Waals surface area contributed by atoms with Gasteiger partial charge in [0.05, 0.1) is 14.8 Å². The summed E-state index contributed by atoms with van der Waals surface area (Å²) in [5.74, 6) is 0. The lowest BCUT2D eigenvalue weighted by molar-refractivity contribution is 0.182. The van der Waals surface area contributed by atoms with Crippen LogP contribution in [0.15, 0.2) is 0 Å². The topological polar surface area (TPSA) is 15.7 Å². The highest BCUT2D eigenvalue weighted by Gasteiger charge is 2.31. The van der Waals surface area contributed by atoms with E-state index in [1.165, 1.54) is 13.1 Å². The van der Waals surface area contributed by atoms with Crippen molar-refractivity contribution in [2.24, 2.45) is 0 Å². The predicted molar refractivity (Wildman–Crippen MR) is 60.7 cm³/mol. The number of hydrogen-bond acceptors (Lipinski definition) is 3. The van der Waals surface area contributed by atoms with Gasteiger partial charge in [-0.15, -0.1) is 0 Å². The molecule has 3 nitrogen and oxygen atoms in total.